The summed E-state index contributed by atoms with van der Waals surface area (Å²) >= 11 is 0. The number of carbonyl (C=O) groups is 2. The van der Waals surface area contributed by atoms with E-state index in [2.05, 4.69) is 4.74 Å². The number of rotatable bonds is 5. The molecule has 0 spiro atoms. The predicted octanol–water partition coefficient (Wildman–Crippen LogP) is 1.58. The van der Waals surface area contributed by atoms with Crippen LogP contribution in [0.2, 0.25) is 0 Å². The molecule has 5 nitrogen and oxygen atoms in total. The summed E-state index contributed by atoms with van der Waals surface area (Å²) in [5.41, 5.74) is 0. The molecule has 2 rings (SSSR count). The molecule has 1 aliphatic carbocycles. The fourth-order valence-corrected chi connectivity index (χ4v) is 2.37. The summed E-state index contributed by atoms with van der Waals surface area (Å²) in [6.07, 6.45) is 5.69. The Balaban J connectivity index is 1.62. The third-order valence-corrected chi connectivity index (χ3v) is 3.50. The minimum Gasteiger partial charge on any atom is -0.469 e. The van der Waals surface area contributed by atoms with Gasteiger partial charge >= 0.3 is 11.9 Å². The van der Waals surface area contributed by atoms with Crippen molar-refractivity contribution in [3.05, 3.63) is 0 Å². The maximum atomic E-state index is 11.6. The van der Waals surface area contributed by atoms with Gasteiger partial charge in [0, 0.05) is 0 Å². The lowest BCUT2D eigenvalue weighted by Crippen LogP contribution is -2.22. The first kappa shape index (κ1) is 13.3. The summed E-state index contributed by atoms with van der Waals surface area (Å²) in [4.78, 5) is 22.6. The molecule has 0 aromatic rings. The number of carbonyl (C=O) groups excluding carboxylic acids is 2. The molecule has 0 amide bonds. The minimum atomic E-state index is -0.303. The van der Waals surface area contributed by atoms with Crippen LogP contribution in [0.3, 0.4) is 0 Å². The largest absolute Gasteiger partial charge is 0.469 e. The van der Waals surface area contributed by atoms with Crippen LogP contribution in [0.25, 0.3) is 0 Å². The molecule has 2 aliphatic rings. The van der Waals surface area contributed by atoms with Gasteiger partial charge in [0.25, 0.3) is 0 Å². The molecule has 1 saturated heterocycles. The first-order chi connectivity index (χ1) is 8.69. The van der Waals surface area contributed by atoms with Crippen LogP contribution in [0, 0.1) is 0 Å². The van der Waals surface area contributed by atoms with Crippen molar-refractivity contribution in [2.75, 3.05) is 7.11 Å². The van der Waals surface area contributed by atoms with Gasteiger partial charge in [-0.15, -0.1) is 0 Å². The molecule has 0 aromatic carbocycles. The summed E-state index contributed by atoms with van der Waals surface area (Å²) in [7, 11) is 1.34. The highest BCUT2D eigenvalue weighted by molar-refractivity contribution is 5.72. The van der Waals surface area contributed by atoms with Gasteiger partial charge in [0.2, 0.25) is 0 Å². The van der Waals surface area contributed by atoms with E-state index in [1.165, 1.54) is 13.5 Å². The molecule has 102 valence electrons. The van der Waals surface area contributed by atoms with Crippen LogP contribution in [0.1, 0.15) is 44.9 Å². The van der Waals surface area contributed by atoms with Crippen LogP contribution in [0.15, 0.2) is 0 Å². The number of hydrogen-bond acceptors (Lipinski definition) is 5. The smallest absolute Gasteiger partial charge is 0.308 e. The molecule has 5 heteroatoms. The second-order valence-corrected chi connectivity index (χ2v) is 4.95. The fraction of sp³-hybridized carbons (Fsp3) is 0.846. The predicted molar refractivity (Wildman–Crippen MR) is 62.9 cm³/mol. The van der Waals surface area contributed by atoms with Crippen LogP contribution >= 0.6 is 0 Å². The van der Waals surface area contributed by atoms with Crippen LogP contribution in [-0.2, 0) is 23.8 Å². The van der Waals surface area contributed by atoms with Gasteiger partial charge in [-0.3, -0.25) is 9.59 Å². The van der Waals surface area contributed by atoms with Gasteiger partial charge < -0.3 is 14.2 Å². The molecular weight excluding hydrogens is 236 g/mol. The lowest BCUT2D eigenvalue weighted by Gasteiger charge is -2.21. The van der Waals surface area contributed by atoms with Crippen molar-refractivity contribution in [2.45, 2.75) is 63.3 Å². The average molecular weight is 256 g/mol. The van der Waals surface area contributed by atoms with Gasteiger partial charge in [0.05, 0.1) is 32.2 Å². The van der Waals surface area contributed by atoms with Gasteiger partial charge in [-0.1, -0.05) is 6.42 Å². The molecular formula is C13H20O5. The Hall–Kier alpha value is -1.10. The van der Waals surface area contributed by atoms with Crippen molar-refractivity contribution < 1.29 is 23.8 Å². The highest BCUT2D eigenvalue weighted by Gasteiger charge is 2.42. The lowest BCUT2D eigenvalue weighted by molar-refractivity contribution is -0.151. The third kappa shape index (κ3) is 3.98. The number of hydrogen-bond donors (Lipinski definition) is 0. The second-order valence-electron chi connectivity index (χ2n) is 4.95. The standard InChI is InChI=1S/C13H20O5/c1-16-12(14)7-10-11(18-10)8-13(15)17-9-5-3-2-4-6-9/h9-11H,2-8H2,1H3. The summed E-state index contributed by atoms with van der Waals surface area (Å²) in [5, 5.41) is 0. The summed E-state index contributed by atoms with van der Waals surface area (Å²) in [5.74, 6) is -0.512. The van der Waals surface area contributed by atoms with Crippen molar-refractivity contribution in [3.63, 3.8) is 0 Å². The molecule has 1 heterocycles. The van der Waals surface area contributed by atoms with E-state index < -0.39 is 0 Å². The van der Waals surface area contributed by atoms with E-state index in [0.717, 1.165) is 25.7 Å². The molecule has 0 aromatic heterocycles. The summed E-state index contributed by atoms with van der Waals surface area (Å²) in [6.45, 7) is 0. The van der Waals surface area contributed by atoms with Gasteiger partial charge in [-0.25, -0.2) is 0 Å². The Bertz CT molecular complexity index is 309. The zero-order valence-electron chi connectivity index (χ0n) is 10.7. The first-order valence-corrected chi connectivity index (χ1v) is 6.61. The van der Waals surface area contributed by atoms with Gasteiger partial charge in [0.15, 0.2) is 0 Å². The quantitative estimate of drug-likeness (QED) is 0.552. The third-order valence-electron chi connectivity index (χ3n) is 3.50. The van der Waals surface area contributed by atoms with Crippen molar-refractivity contribution >= 4 is 11.9 Å². The highest BCUT2D eigenvalue weighted by Crippen LogP contribution is 2.29. The van der Waals surface area contributed by atoms with Gasteiger partial charge in [0.1, 0.15) is 6.10 Å². The molecule has 2 unspecified atom stereocenters. The Labute approximate surface area is 107 Å². The van der Waals surface area contributed by atoms with Crippen LogP contribution in [0.4, 0.5) is 0 Å². The summed E-state index contributed by atoms with van der Waals surface area (Å²) < 4.78 is 15.2. The maximum absolute atomic E-state index is 11.6. The van der Waals surface area contributed by atoms with Crippen molar-refractivity contribution in [2.24, 2.45) is 0 Å². The number of esters is 2. The van der Waals surface area contributed by atoms with E-state index in [4.69, 9.17) is 9.47 Å². The molecule has 2 atom stereocenters. The topological polar surface area (TPSA) is 65.1 Å². The monoisotopic (exact) mass is 256 g/mol. The van der Waals surface area contributed by atoms with Crippen LogP contribution < -0.4 is 0 Å². The molecule has 1 aliphatic heterocycles. The Morgan fingerprint density at radius 2 is 1.67 bits per heavy atom. The SMILES string of the molecule is COC(=O)CC1OC1CC(=O)OC1CCCCC1. The summed E-state index contributed by atoms with van der Waals surface area (Å²) in [6, 6.07) is 0. The van der Waals surface area contributed by atoms with Crippen LogP contribution in [-0.4, -0.2) is 37.4 Å². The van der Waals surface area contributed by atoms with Gasteiger partial charge in [-0.05, 0) is 25.7 Å². The number of methoxy groups -OCH3 is 1. The van der Waals surface area contributed by atoms with E-state index in [1.54, 1.807) is 0 Å². The Morgan fingerprint density at radius 1 is 1.06 bits per heavy atom. The molecule has 18 heavy (non-hydrogen) atoms. The van der Waals surface area contributed by atoms with Crippen LogP contribution in [0.5, 0.6) is 0 Å². The molecule has 2 fully saturated rings. The van der Waals surface area contributed by atoms with Gasteiger partial charge in [-0.2, -0.15) is 0 Å². The molecule has 0 bridgehead atoms. The Morgan fingerprint density at radius 3 is 2.28 bits per heavy atom. The minimum absolute atomic E-state index is 0.0871. The first-order valence-electron chi connectivity index (χ1n) is 6.61. The molecule has 0 N–H and O–H groups in total. The van der Waals surface area contributed by atoms with Crippen molar-refractivity contribution in [1.29, 1.82) is 0 Å². The highest BCUT2D eigenvalue weighted by atomic mass is 16.6. The average Bonchev–Trinajstić information content (AvgIpc) is 3.07. The lowest BCUT2D eigenvalue weighted by atomic mass is 9.98. The normalized spacial score (nSPS) is 27.6. The number of ether oxygens (including phenoxy) is 3. The van der Waals surface area contributed by atoms with E-state index >= 15 is 0 Å². The van der Waals surface area contributed by atoms with Crippen molar-refractivity contribution in [3.8, 4) is 0 Å². The molecule has 0 radical (unpaired) electrons. The van der Waals surface area contributed by atoms with E-state index in [-0.39, 0.29) is 43.1 Å². The number of epoxide rings is 1. The zero-order chi connectivity index (χ0) is 13.0. The van der Waals surface area contributed by atoms with E-state index in [0.29, 0.717) is 0 Å². The fourth-order valence-electron chi connectivity index (χ4n) is 2.37. The maximum Gasteiger partial charge on any atom is 0.308 e. The van der Waals surface area contributed by atoms with Crippen molar-refractivity contribution in [1.82, 2.24) is 0 Å². The van der Waals surface area contributed by atoms with E-state index in [1.807, 2.05) is 0 Å². The van der Waals surface area contributed by atoms with E-state index in [9.17, 15) is 9.59 Å². The Kier molecular flexibility index (Phi) is 4.58. The molecule has 1 saturated carbocycles. The zero-order valence-corrected chi connectivity index (χ0v) is 10.7. The second kappa shape index (κ2) is 6.18.